The van der Waals surface area contributed by atoms with Gasteiger partial charge in [0.25, 0.3) is 0 Å². The van der Waals surface area contributed by atoms with Gasteiger partial charge in [-0.2, -0.15) is 0 Å². The van der Waals surface area contributed by atoms with Gasteiger partial charge in [0.1, 0.15) is 12.3 Å². The van der Waals surface area contributed by atoms with Crippen LogP contribution in [0.2, 0.25) is 0 Å². The van der Waals surface area contributed by atoms with Crippen molar-refractivity contribution >= 4 is 0 Å². The van der Waals surface area contributed by atoms with Gasteiger partial charge in [0.05, 0.1) is 6.10 Å². The van der Waals surface area contributed by atoms with Crippen LogP contribution in [0.25, 0.3) is 0 Å². The first-order chi connectivity index (χ1) is 5.22. The maximum atomic E-state index is 9.39. The minimum Gasteiger partial charge on any atom is -0.389 e. The Bertz CT molecular complexity index is 148. The molecule has 4 nitrogen and oxygen atoms in total. The van der Waals surface area contributed by atoms with Gasteiger partial charge in [-0.05, 0) is 12.8 Å². The van der Waals surface area contributed by atoms with Crippen molar-refractivity contribution in [2.75, 3.05) is 6.54 Å². The summed E-state index contributed by atoms with van der Waals surface area (Å²) in [4.78, 5) is 1.77. The molecule has 2 aliphatic heterocycles. The largest absolute Gasteiger partial charge is 0.389 e. The number of aliphatic hydroxyl groups is 3. The van der Waals surface area contributed by atoms with Crippen LogP contribution in [-0.2, 0) is 0 Å². The second-order valence-electron chi connectivity index (χ2n) is 3.34. The van der Waals surface area contributed by atoms with Crippen LogP contribution < -0.4 is 0 Å². The third-order valence-corrected chi connectivity index (χ3v) is 2.73. The van der Waals surface area contributed by atoms with E-state index in [2.05, 4.69) is 0 Å². The number of rotatable bonds is 0. The van der Waals surface area contributed by atoms with E-state index in [9.17, 15) is 15.3 Å². The Kier molecular flexibility index (Phi) is 1.64. The summed E-state index contributed by atoms with van der Waals surface area (Å²) in [6.45, 7) is 0.792. The molecule has 4 heteroatoms. The van der Waals surface area contributed by atoms with Gasteiger partial charge in [-0.25, -0.2) is 0 Å². The highest BCUT2D eigenvalue weighted by Crippen LogP contribution is 2.31. The molecule has 0 saturated carbocycles. The van der Waals surface area contributed by atoms with E-state index in [-0.39, 0.29) is 6.04 Å². The normalized spacial score (nSPS) is 51.5. The molecule has 2 rings (SSSR count). The van der Waals surface area contributed by atoms with Gasteiger partial charge in [-0.15, -0.1) is 0 Å². The highest BCUT2D eigenvalue weighted by molar-refractivity contribution is 4.99. The molecule has 0 aliphatic carbocycles. The molecule has 64 valence electrons. The highest BCUT2D eigenvalue weighted by Gasteiger charge is 2.48. The highest BCUT2D eigenvalue weighted by atomic mass is 16.4. The van der Waals surface area contributed by atoms with Crippen LogP contribution in [0.15, 0.2) is 0 Å². The fourth-order valence-electron chi connectivity index (χ4n) is 2.11. The smallest absolute Gasteiger partial charge is 0.136 e. The SMILES string of the molecule is OC1C(O)C2CCCN2C1O. The van der Waals surface area contributed by atoms with Crippen molar-refractivity contribution in [3.63, 3.8) is 0 Å². The minimum absolute atomic E-state index is 0.0139. The number of hydrogen-bond acceptors (Lipinski definition) is 4. The molecule has 3 N–H and O–H groups in total. The molecule has 11 heavy (non-hydrogen) atoms. The lowest BCUT2D eigenvalue weighted by Crippen LogP contribution is -2.35. The number of fused-ring (bicyclic) bond motifs is 1. The van der Waals surface area contributed by atoms with Crippen molar-refractivity contribution in [1.29, 1.82) is 0 Å². The summed E-state index contributed by atoms with van der Waals surface area (Å²) in [7, 11) is 0. The van der Waals surface area contributed by atoms with E-state index in [0.29, 0.717) is 0 Å². The summed E-state index contributed by atoms with van der Waals surface area (Å²) in [5, 5.41) is 28.0. The van der Waals surface area contributed by atoms with Crippen LogP contribution in [0.1, 0.15) is 12.8 Å². The second-order valence-corrected chi connectivity index (χ2v) is 3.34. The topological polar surface area (TPSA) is 63.9 Å². The number of aliphatic hydroxyl groups excluding tert-OH is 3. The minimum atomic E-state index is -0.972. The van der Waals surface area contributed by atoms with Crippen molar-refractivity contribution in [3.05, 3.63) is 0 Å². The Labute approximate surface area is 65.1 Å². The fourth-order valence-corrected chi connectivity index (χ4v) is 2.11. The zero-order valence-electron chi connectivity index (χ0n) is 6.22. The molecule has 0 amide bonds. The molecule has 0 spiro atoms. The molecule has 2 heterocycles. The number of nitrogens with zero attached hydrogens (tertiary/aromatic N) is 1. The average Bonchev–Trinajstić information content (AvgIpc) is 2.53. The molecule has 0 bridgehead atoms. The van der Waals surface area contributed by atoms with Gasteiger partial charge in [0.2, 0.25) is 0 Å². The second kappa shape index (κ2) is 2.42. The van der Waals surface area contributed by atoms with Crippen LogP contribution in [0.3, 0.4) is 0 Å². The fraction of sp³-hybridized carbons (Fsp3) is 1.00. The summed E-state index contributed by atoms with van der Waals surface area (Å²) >= 11 is 0. The third kappa shape index (κ3) is 0.906. The molecule has 0 aromatic rings. The molecule has 0 aromatic heterocycles. The Hall–Kier alpha value is -0.160. The monoisotopic (exact) mass is 159 g/mol. The lowest BCUT2D eigenvalue weighted by molar-refractivity contribution is -0.0535. The van der Waals surface area contributed by atoms with Gasteiger partial charge in [-0.1, -0.05) is 0 Å². The summed E-state index contributed by atoms with van der Waals surface area (Å²) in [5.41, 5.74) is 0. The van der Waals surface area contributed by atoms with E-state index in [1.807, 2.05) is 0 Å². The quantitative estimate of drug-likeness (QED) is 0.403. The van der Waals surface area contributed by atoms with Crippen LogP contribution in [-0.4, -0.2) is 51.2 Å². The maximum Gasteiger partial charge on any atom is 0.136 e. The Morgan fingerprint density at radius 3 is 2.45 bits per heavy atom. The lowest BCUT2D eigenvalue weighted by atomic mass is 10.1. The summed E-state index contributed by atoms with van der Waals surface area (Å²) in [6.07, 6.45) is -0.689. The van der Waals surface area contributed by atoms with E-state index < -0.39 is 18.4 Å². The van der Waals surface area contributed by atoms with Crippen molar-refractivity contribution in [3.8, 4) is 0 Å². The molecular weight excluding hydrogens is 146 g/mol. The van der Waals surface area contributed by atoms with Gasteiger partial charge in [0, 0.05) is 12.6 Å². The summed E-state index contributed by atoms with van der Waals surface area (Å²) in [6, 6.07) is -0.0139. The van der Waals surface area contributed by atoms with E-state index in [4.69, 9.17) is 0 Å². The molecule has 4 atom stereocenters. The van der Waals surface area contributed by atoms with Crippen molar-refractivity contribution < 1.29 is 15.3 Å². The molecular formula is C7H13NO3. The van der Waals surface area contributed by atoms with Gasteiger partial charge < -0.3 is 15.3 Å². The summed E-state index contributed by atoms with van der Waals surface area (Å²) in [5.74, 6) is 0. The van der Waals surface area contributed by atoms with Crippen LogP contribution in [0.4, 0.5) is 0 Å². The first kappa shape index (κ1) is 7.49. The summed E-state index contributed by atoms with van der Waals surface area (Å²) < 4.78 is 0. The Balaban J connectivity index is 2.17. The predicted octanol–water partition coefficient (Wildman–Crippen LogP) is -1.50. The molecule has 0 radical (unpaired) electrons. The van der Waals surface area contributed by atoms with E-state index >= 15 is 0 Å². The van der Waals surface area contributed by atoms with Crippen molar-refractivity contribution in [2.24, 2.45) is 0 Å². The van der Waals surface area contributed by atoms with E-state index in [0.717, 1.165) is 19.4 Å². The van der Waals surface area contributed by atoms with Gasteiger partial charge >= 0.3 is 0 Å². The first-order valence-corrected chi connectivity index (χ1v) is 4.02. The molecule has 2 fully saturated rings. The third-order valence-electron chi connectivity index (χ3n) is 2.73. The maximum absolute atomic E-state index is 9.39. The van der Waals surface area contributed by atoms with E-state index in [1.54, 1.807) is 4.90 Å². The first-order valence-electron chi connectivity index (χ1n) is 4.02. The molecule has 0 aromatic carbocycles. The van der Waals surface area contributed by atoms with Gasteiger partial charge in [-0.3, -0.25) is 4.90 Å². The van der Waals surface area contributed by atoms with Crippen molar-refractivity contribution in [1.82, 2.24) is 4.90 Å². The van der Waals surface area contributed by atoms with Crippen LogP contribution in [0, 0.1) is 0 Å². The van der Waals surface area contributed by atoms with Crippen molar-refractivity contribution in [2.45, 2.75) is 37.3 Å². The predicted molar refractivity (Wildman–Crippen MR) is 37.7 cm³/mol. The number of hydrogen-bond donors (Lipinski definition) is 3. The Morgan fingerprint density at radius 1 is 1.09 bits per heavy atom. The van der Waals surface area contributed by atoms with E-state index in [1.165, 1.54) is 0 Å². The average molecular weight is 159 g/mol. The lowest BCUT2D eigenvalue weighted by Gasteiger charge is -2.18. The van der Waals surface area contributed by atoms with Crippen LogP contribution in [0.5, 0.6) is 0 Å². The molecule has 2 saturated heterocycles. The molecule has 4 unspecified atom stereocenters. The van der Waals surface area contributed by atoms with Gasteiger partial charge in [0.15, 0.2) is 0 Å². The standard InChI is InChI=1S/C7H13NO3/c9-5-4-2-1-3-8(4)7(11)6(5)10/h4-7,9-11H,1-3H2. The zero-order valence-corrected chi connectivity index (χ0v) is 6.22. The Morgan fingerprint density at radius 2 is 1.82 bits per heavy atom. The van der Waals surface area contributed by atoms with Crippen LogP contribution >= 0.6 is 0 Å². The zero-order chi connectivity index (χ0) is 8.01. The molecule has 2 aliphatic rings.